The molecule has 1 radical (unpaired) electrons. The SMILES string of the molecule is CC(C)(C)C(=O)/C=C(\O)C(C)(C)C.Cc1cnc(-c2[c-]ccc3sc4cc5cc6ccccc6cc5cc4c23)cc1C.[Ir]. The van der Waals surface area contributed by atoms with E-state index in [1.807, 2.05) is 65.1 Å². The molecule has 2 heterocycles. The van der Waals surface area contributed by atoms with Crippen molar-refractivity contribution in [1.82, 2.24) is 4.98 Å². The number of benzene rings is 4. The van der Waals surface area contributed by atoms with Crippen LogP contribution >= 0.6 is 11.3 Å². The van der Waals surface area contributed by atoms with Crippen LogP contribution in [0.15, 0.2) is 84.8 Å². The van der Waals surface area contributed by atoms with Gasteiger partial charge in [-0.15, -0.1) is 23.8 Å². The van der Waals surface area contributed by atoms with Gasteiger partial charge in [0.2, 0.25) is 0 Å². The Hall–Kier alpha value is -3.37. The number of ketones is 1. The zero-order chi connectivity index (χ0) is 30.4. The second kappa shape index (κ2) is 12.3. The van der Waals surface area contributed by atoms with Gasteiger partial charge in [-0.05, 0) is 74.9 Å². The molecule has 6 rings (SSSR count). The Labute approximate surface area is 272 Å². The number of nitrogens with zero attached hydrogens (tertiary/aromatic N) is 1. The molecule has 4 aromatic carbocycles. The van der Waals surface area contributed by atoms with Crippen LogP contribution in [0.5, 0.6) is 0 Å². The zero-order valence-corrected chi connectivity index (χ0v) is 29.3. The van der Waals surface area contributed by atoms with Gasteiger partial charge < -0.3 is 10.1 Å². The van der Waals surface area contributed by atoms with Crippen molar-refractivity contribution in [3.8, 4) is 11.3 Å². The van der Waals surface area contributed by atoms with E-state index >= 15 is 0 Å². The minimum Gasteiger partial charge on any atom is -0.512 e. The number of hydrogen-bond acceptors (Lipinski definition) is 4. The van der Waals surface area contributed by atoms with E-state index in [0.29, 0.717) is 0 Å². The topological polar surface area (TPSA) is 50.2 Å². The molecular formula is C38H38IrNO2S-. The molecule has 0 saturated heterocycles. The van der Waals surface area contributed by atoms with Crippen LogP contribution < -0.4 is 0 Å². The van der Waals surface area contributed by atoms with Crippen LogP contribution in [0.4, 0.5) is 0 Å². The number of aliphatic hydroxyl groups excluding tert-OH is 1. The van der Waals surface area contributed by atoms with Crippen molar-refractivity contribution >= 4 is 58.8 Å². The summed E-state index contributed by atoms with van der Waals surface area (Å²) in [5, 5.41) is 17.2. The second-order valence-electron chi connectivity index (χ2n) is 13.1. The molecule has 0 spiro atoms. The average molecular weight is 765 g/mol. The molecule has 0 unspecified atom stereocenters. The van der Waals surface area contributed by atoms with E-state index in [9.17, 15) is 9.90 Å². The van der Waals surface area contributed by atoms with Gasteiger partial charge in [0, 0.05) is 47.9 Å². The summed E-state index contributed by atoms with van der Waals surface area (Å²) in [6, 6.07) is 27.7. The Bertz CT molecular complexity index is 2010. The zero-order valence-electron chi connectivity index (χ0n) is 26.0. The number of pyridine rings is 1. The van der Waals surface area contributed by atoms with E-state index in [0.717, 1.165) is 11.3 Å². The van der Waals surface area contributed by atoms with Crippen molar-refractivity contribution in [2.45, 2.75) is 55.4 Å². The standard InChI is InChI=1S/C27H18NS.C11H20O2.Ir/c1-16-10-24(28-15-17(16)2)22-8-5-9-25-27(22)23-13-20-11-18-6-3-4-7-19(18)12-21(20)14-26(23)29-25;1-10(2,3)8(12)7-9(13)11(4,5)6;/h3-7,9-15H,1-2H3;7,12H,1-6H3;/q-1;;/b;8-7-;. The molecule has 0 aliphatic carbocycles. The molecule has 0 fully saturated rings. The third kappa shape index (κ3) is 6.91. The number of thiophene rings is 1. The summed E-state index contributed by atoms with van der Waals surface area (Å²) < 4.78 is 2.60. The molecule has 223 valence electrons. The maximum absolute atomic E-state index is 11.5. The molecule has 0 aliphatic rings. The Kier molecular flexibility index (Phi) is 9.32. The summed E-state index contributed by atoms with van der Waals surface area (Å²) in [6.45, 7) is 15.4. The molecule has 43 heavy (non-hydrogen) atoms. The molecule has 2 aromatic heterocycles. The van der Waals surface area contributed by atoms with Gasteiger partial charge >= 0.3 is 0 Å². The van der Waals surface area contributed by atoms with Gasteiger partial charge in [-0.2, -0.15) is 11.3 Å². The van der Waals surface area contributed by atoms with E-state index in [1.165, 1.54) is 58.9 Å². The smallest absolute Gasteiger partial charge is 0.164 e. The number of allylic oxidation sites excluding steroid dienone is 2. The summed E-state index contributed by atoms with van der Waals surface area (Å²) in [7, 11) is 0. The maximum atomic E-state index is 11.5. The molecular weight excluding hydrogens is 727 g/mol. The first-order valence-electron chi connectivity index (χ1n) is 14.3. The number of aromatic nitrogens is 1. The summed E-state index contributed by atoms with van der Waals surface area (Å²) in [5.41, 5.74) is 3.81. The molecule has 0 saturated carbocycles. The van der Waals surface area contributed by atoms with Crippen molar-refractivity contribution < 1.29 is 30.0 Å². The van der Waals surface area contributed by atoms with E-state index in [1.54, 1.807) is 0 Å². The monoisotopic (exact) mass is 765 g/mol. The molecule has 5 heteroatoms. The first kappa shape index (κ1) is 32.5. The number of hydrogen-bond donors (Lipinski definition) is 1. The molecule has 6 aromatic rings. The Balaban J connectivity index is 0.000000260. The number of fused-ring (bicyclic) bond motifs is 5. The van der Waals surface area contributed by atoms with E-state index in [4.69, 9.17) is 4.98 Å². The van der Waals surface area contributed by atoms with Gasteiger partial charge in [0.25, 0.3) is 0 Å². The predicted octanol–water partition coefficient (Wildman–Crippen LogP) is 10.9. The van der Waals surface area contributed by atoms with Crippen molar-refractivity contribution in [2.24, 2.45) is 10.8 Å². The van der Waals surface area contributed by atoms with E-state index in [2.05, 4.69) is 80.6 Å². The average Bonchev–Trinajstić information content (AvgIpc) is 3.28. The van der Waals surface area contributed by atoms with Gasteiger partial charge in [-0.1, -0.05) is 88.9 Å². The van der Waals surface area contributed by atoms with Crippen molar-refractivity contribution in [3.63, 3.8) is 0 Å². The number of aliphatic hydroxyl groups is 1. The fraction of sp³-hybridized carbons (Fsp3) is 0.263. The van der Waals surface area contributed by atoms with Gasteiger partial charge in [-0.3, -0.25) is 4.79 Å². The number of aryl methyl sites for hydroxylation is 2. The summed E-state index contributed by atoms with van der Waals surface area (Å²) in [6.07, 6.45) is 3.30. The number of carbonyl (C=O) groups excluding carboxylic acids is 1. The van der Waals surface area contributed by atoms with Gasteiger partial charge in [0.1, 0.15) is 5.76 Å². The van der Waals surface area contributed by atoms with Crippen molar-refractivity contribution in [1.29, 1.82) is 0 Å². The minimum absolute atomic E-state index is 0. The van der Waals surface area contributed by atoms with Crippen LogP contribution in [0.2, 0.25) is 0 Å². The normalized spacial score (nSPS) is 12.3. The van der Waals surface area contributed by atoms with Crippen molar-refractivity contribution in [3.05, 3.63) is 102 Å². The Morgan fingerprint density at radius 1 is 0.814 bits per heavy atom. The van der Waals surface area contributed by atoms with Crippen LogP contribution in [0.3, 0.4) is 0 Å². The third-order valence-electron chi connectivity index (χ3n) is 7.66. The molecule has 0 atom stereocenters. The molecule has 3 nitrogen and oxygen atoms in total. The second-order valence-corrected chi connectivity index (χ2v) is 14.2. The van der Waals surface area contributed by atoms with Crippen LogP contribution in [-0.4, -0.2) is 15.9 Å². The van der Waals surface area contributed by atoms with Crippen LogP contribution in [0, 0.1) is 30.7 Å². The fourth-order valence-electron chi connectivity index (χ4n) is 4.72. The van der Waals surface area contributed by atoms with E-state index < -0.39 is 5.41 Å². The molecule has 0 amide bonds. The first-order valence-corrected chi connectivity index (χ1v) is 15.1. The third-order valence-corrected chi connectivity index (χ3v) is 8.77. The summed E-state index contributed by atoms with van der Waals surface area (Å²) >= 11 is 1.85. The first-order chi connectivity index (χ1) is 19.7. The fourth-order valence-corrected chi connectivity index (χ4v) is 5.87. The van der Waals surface area contributed by atoms with Crippen LogP contribution in [-0.2, 0) is 24.9 Å². The molecule has 1 N–H and O–H groups in total. The summed E-state index contributed by atoms with van der Waals surface area (Å²) in [4.78, 5) is 16.2. The maximum Gasteiger partial charge on any atom is 0.164 e. The van der Waals surface area contributed by atoms with Gasteiger partial charge in [0.15, 0.2) is 5.78 Å². The number of carbonyl (C=O) groups is 1. The Morgan fingerprint density at radius 2 is 1.44 bits per heavy atom. The van der Waals surface area contributed by atoms with Crippen LogP contribution in [0.1, 0.15) is 52.7 Å². The number of rotatable bonds is 2. The molecule has 0 bridgehead atoms. The van der Waals surface area contributed by atoms with Crippen molar-refractivity contribution in [2.75, 3.05) is 0 Å². The molecule has 0 aliphatic heterocycles. The van der Waals surface area contributed by atoms with E-state index in [-0.39, 0.29) is 37.1 Å². The minimum atomic E-state index is -0.417. The van der Waals surface area contributed by atoms with Crippen LogP contribution in [0.25, 0.3) is 53.0 Å². The largest absolute Gasteiger partial charge is 0.512 e. The quantitative estimate of drug-likeness (QED) is 0.0827. The van der Waals surface area contributed by atoms with Gasteiger partial charge in [0.05, 0.1) is 0 Å². The summed E-state index contributed by atoms with van der Waals surface area (Å²) in [5.74, 6) is 0.104. The Morgan fingerprint density at radius 3 is 2.02 bits per heavy atom. The predicted molar refractivity (Wildman–Crippen MR) is 181 cm³/mol. The van der Waals surface area contributed by atoms with Gasteiger partial charge in [-0.25, -0.2) is 0 Å².